The highest BCUT2D eigenvalue weighted by Crippen LogP contribution is 2.41. The number of rotatable bonds is 4. The number of aromatic nitrogens is 3. The van der Waals surface area contributed by atoms with Crippen LogP contribution in [-0.2, 0) is 11.8 Å². The van der Waals surface area contributed by atoms with Crippen LogP contribution in [0.15, 0.2) is 9.90 Å². The summed E-state index contributed by atoms with van der Waals surface area (Å²) >= 11 is 1.63. The van der Waals surface area contributed by atoms with Gasteiger partial charge in [0.2, 0.25) is 5.89 Å². The first-order valence-electron chi connectivity index (χ1n) is 6.16. The zero-order valence-electron chi connectivity index (χ0n) is 10.3. The van der Waals surface area contributed by atoms with E-state index in [1.165, 1.54) is 6.42 Å². The van der Waals surface area contributed by atoms with Crippen molar-refractivity contribution in [3.8, 4) is 0 Å². The van der Waals surface area contributed by atoms with Crippen molar-refractivity contribution in [2.24, 2.45) is 5.73 Å². The maximum absolute atomic E-state index is 5.83. The molecule has 5 nitrogen and oxygen atoms in total. The van der Waals surface area contributed by atoms with Crippen LogP contribution in [0.25, 0.3) is 0 Å². The fraction of sp³-hybridized carbons (Fsp3) is 0.583. The zero-order chi connectivity index (χ0) is 12.6. The normalized spacial score (nSPS) is 17.7. The van der Waals surface area contributed by atoms with Gasteiger partial charge >= 0.3 is 0 Å². The monoisotopic (exact) mass is 264 g/mol. The highest BCUT2D eigenvalue weighted by molar-refractivity contribution is 7.09. The van der Waals surface area contributed by atoms with Gasteiger partial charge in [-0.15, -0.1) is 11.3 Å². The van der Waals surface area contributed by atoms with Crippen LogP contribution in [0.5, 0.6) is 0 Å². The summed E-state index contributed by atoms with van der Waals surface area (Å²) in [5.41, 5.74) is 6.81. The second-order valence-corrected chi connectivity index (χ2v) is 5.86. The average molecular weight is 264 g/mol. The molecule has 2 aromatic rings. The van der Waals surface area contributed by atoms with E-state index in [0.29, 0.717) is 24.7 Å². The van der Waals surface area contributed by atoms with Crippen LogP contribution in [0.3, 0.4) is 0 Å². The van der Waals surface area contributed by atoms with E-state index in [0.717, 1.165) is 23.5 Å². The molecule has 0 spiro atoms. The van der Waals surface area contributed by atoms with Gasteiger partial charge in [-0.1, -0.05) is 11.6 Å². The van der Waals surface area contributed by atoms with E-state index in [9.17, 15) is 0 Å². The molecule has 0 unspecified atom stereocenters. The predicted octanol–water partition coefficient (Wildman–Crippen LogP) is 1.81. The largest absolute Gasteiger partial charge is 0.339 e. The smallest absolute Gasteiger partial charge is 0.234 e. The Bertz CT molecular complexity index is 538. The highest BCUT2D eigenvalue weighted by Gasteiger charge is 2.42. The molecule has 1 fully saturated rings. The number of nitrogens with two attached hydrogens (primary N) is 1. The molecule has 6 heteroatoms. The lowest BCUT2D eigenvalue weighted by Gasteiger charge is -2.36. The minimum Gasteiger partial charge on any atom is -0.339 e. The molecule has 1 saturated carbocycles. The van der Waals surface area contributed by atoms with Gasteiger partial charge in [-0.25, -0.2) is 4.98 Å². The number of aryl methyl sites for hydroxylation is 1. The molecular formula is C12H16N4OS. The van der Waals surface area contributed by atoms with E-state index in [2.05, 4.69) is 15.1 Å². The number of nitrogens with zero attached hydrogens (tertiary/aromatic N) is 3. The summed E-state index contributed by atoms with van der Waals surface area (Å²) in [6.45, 7) is 2.57. The highest BCUT2D eigenvalue weighted by atomic mass is 32.1. The molecule has 0 aliphatic heterocycles. The Morgan fingerprint density at radius 3 is 2.83 bits per heavy atom. The van der Waals surface area contributed by atoms with Crippen molar-refractivity contribution in [2.45, 2.75) is 38.0 Å². The number of hydrogen-bond donors (Lipinski definition) is 1. The summed E-state index contributed by atoms with van der Waals surface area (Å²) in [6, 6.07) is 0. The molecule has 3 rings (SSSR count). The van der Waals surface area contributed by atoms with Crippen molar-refractivity contribution in [3.05, 3.63) is 27.8 Å². The molecule has 18 heavy (non-hydrogen) atoms. The quantitative estimate of drug-likeness (QED) is 0.911. The van der Waals surface area contributed by atoms with Crippen LogP contribution in [-0.4, -0.2) is 21.7 Å². The lowest BCUT2D eigenvalue weighted by Crippen LogP contribution is -2.41. The minimum atomic E-state index is -0.0515. The van der Waals surface area contributed by atoms with Gasteiger partial charge < -0.3 is 10.3 Å². The fourth-order valence-electron chi connectivity index (χ4n) is 2.27. The summed E-state index contributed by atoms with van der Waals surface area (Å²) in [4.78, 5) is 8.89. The fourth-order valence-corrected chi connectivity index (χ4v) is 3.04. The molecule has 1 aliphatic rings. The van der Waals surface area contributed by atoms with Crippen LogP contribution in [0, 0.1) is 6.92 Å². The lowest BCUT2D eigenvalue weighted by molar-refractivity contribution is 0.181. The van der Waals surface area contributed by atoms with Gasteiger partial charge in [0.05, 0.1) is 11.8 Å². The first-order chi connectivity index (χ1) is 8.72. The minimum absolute atomic E-state index is 0.0515. The maximum atomic E-state index is 5.83. The molecule has 2 aromatic heterocycles. The third-order valence-electron chi connectivity index (χ3n) is 3.60. The summed E-state index contributed by atoms with van der Waals surface area (Å²) in [7, 11) is 0. The number of thiazole rings is 1. The van der Waals surface area contributed by atoms with Crippen molar-refractivity contribution in [1.29, 1.82) is 0 Å². The first kappa shape index (κ1) is 11.8. The second-order valence-electron chi connectivity index (χ2n) is 4.91. The Morgan fingerprint density at radius 1 is 1.44 bits per heavy atom. The van der Waals surface area contributed by atoms with Gasteiger partial charge in [0, 0.05) is 17.6 Å². The Labute approximate surface area is 109 Å². The molecule has 96 valence electrons. The number of hydrogen-bond acceptors (Lipinski definition) is 6. The van der Waals surface area contributed by atoms with E-state index in [4.69, 9.17) is 10.3 Å². The molecule has 0 amide bonds. The van der Waals surface area contributed by atoms with Crippen molar-refractivity contribution >= 4 is 11.3 Å². The van der Waals surface area contributed by atoms with Crippen molar-refractivity contribution < 1.29 is 4.52 Å². The summed E-state index contributed by atoms with van der Waals surface area (Å²) in [5.74, 6) is 1.42. The summed E-state index contributed by atoms with van der Waals surface area (Å²) in [6.07, 6.45) is 3.95. The predicted molar refractivity (Wildman–Crippen MR) is 68.5 cm³/mol. The van der Waals surface area contributed by atoms with E-state index < -0.39 is 0 Å². The zero-order valence-corrected chi connectivity index (χ0v) is 11.2. The van der Waals surface area contributed by atoms with Gasteiger partial charge in [0.1, 0.15) is 5.01 Å². The molecule has 0 aromatic carbocycles. The van der Waals surface area contributed by atoms with Gasteiger partial charge in [-0.05, 0) is 19.8 Å². The molecule has 0 bridgehead atoms. The molecule has 0 atom stereocenters. The van der Waals surface area contributed by atoms with Gasteiger partial charge in [0.15, 0.2) is 5.82 Å². The average Bonchev–Trinajstić information content (AvgIpc) is 2.89. The third-order valence-corrected chi connectivity index (χ3v) is 4.57. The molecule has 1 aliphatic carbocycles. The Hall–Kier alpha value is -1.27. The van der Waals surface area contributed by atoms with E-state index in [1.807, 2.05) is 12.3 Å². The standard InChI is InChI=1S/C12H16N4OS/c1-8-6-18-10(14-8)5-9-15-11(17-16-9)12(7-13)3-2-4-12/h6H,2-5,7,13H2,1H3. The van der Waals surface area contributed by atoms with Crippen LogP contribution in [0.4, 0.5) is 0 Å². The maximum Gasteiger partial charge on any atom is 0.234 e. The molecular weight excluding hydrogens is 248 g/mol. The van der Waals surface area contributed by atoms with E-state index in [-0.39, 0.29) is 5.41 Å². The lowest BCUT2D eigenvalue weighted by atomic mass is 9.69. The Kier molecular flexibility index (Phi) is 2.91. The topological polar surface area (TPSA) is 77.8 Å². The van der Waals surface area contributed by atoms with Gasteiger partial charge in [0.25, 0.3) is 0 Å². The van der Waals surface area contributed by atoms with E-state index in [1.54, 1.807) is 11.3 Å². The first-order valence-corrected chi connectivity index (χ1v) is 7.04. The van der Waals surface area contributed by atoms with E-state index >= 15 is 0 Å². The van der Waals surface area contributed by atoms with Gasteiger partial charge in [-0.2, -0.15) is 4.98 Å². The second kappa shape index (κ2) is 4.44. The molecule has 0 radical (unpaired) electrons. The molecule has 2 N–H and O–H groups in total. The van der Waals surface area contributed by atoms with Crippen molar-refractivity contribution in [1.82, 2.24) is 15.1 Å². The Balaban J connectivity index is 1.77. The SMILES string of the molecule is Cc1csc(Cc2noc(C3(CN)CCC3)n2)n1. The summed E-state index contributed by atoms with van der Waals surface area (Å²) in [5, 5.41) is 7.10. The van der Waals surface area contributed by atoms with Crippen LogP contribution in [0.1, 0.15) is 41.7 Å². The summed E-state index contributed by atoms with van der Waals surface area (Å²) < 4.78 is 5.38. The Morgan fingerprint density at radius 2 is 2.28 bits per heavy atom. The third kappa shape index (κ3) is 1.95. The van der Waals surface area contributed by atoms with Crippen molar-refractivity contribution in [2.75, 3.05) is 6.54 Å². The van der Waals surface area contributed by atoms with Crippen molar-refractivity contribution in [3.63, 3.8) is 0 Å². The molecule has 0 saturated heterocycles. The van der Waals surface area contributed by atoms with Crippen LogP contribution in [0.2, 0.25) is 0 Å². The van der Waals surface area contributed by atoms with Gasteiger partial charge in [-0.3, -0.25) is 0 Å². The molecule has 2 heterocycles. The van der Waals surface area contributed by atoms with Crippen LogP contribution < -0.4 is 5.73 Å². The van der Waals surface area contributed by atoms with Crippen LogP contribution >= 0.6 is 11.3 Å².